The normalized spacial score (nSPS) is 15.1. The highest BCUT2D eigenvalue weighted by Crippen LogP contribution is 2.05. The van der Waals surface area contributed by atoms with Gasteiger partial charge in [0.25, 0.3) is 0 Å². The van der Waals surface area contributed by atoms with Crippen LogP contribution in [0.4, 0.5) is 0 Å². The van der Waals surface area contributed by atoms with Crippen molar-refractivity contribution >= 4 is 18.0 Å². The van der Waals surface area contributed by atoms with Crippen molar-refractivity contribution < 1.29 is 19.1 Å². The lowest BCUT2D eigenvalue weighted by molar-refractivity contribution is -0.141. The molecule has 142 valence electrons. The third kappa shape index (κ3) is 7.37. The Morgan fingerprint density at radius 3 is 2.62 bits per heavy atom. The fourth-order valence-electron chi connectivity index (χ4n) is 2.81. The van der Waals surface area contributed by atoms with E-state index in [0.717, 1.165) is 44.8 Å². The zero-order chi connectivity index (χ0) is 18.6. The van der Waals surface area contributed by atoms with Crippen molar-refractivity contribution in [2.24, 2.45) is 0 Å². The summed E-state index contributed by atoms with van der Waals surface area (Å²) >= 11 is 0. The first-order valence-electron chi connectivity index (χ1n) is 9.08. The van der Waals surface area contributed by atoms with Crippen molar-refractivity contribution in [3.05, 3.63) is 42.0 Å². The van der Waals surface area contributed by atoms with E-state index in [9.17, 15) is 9.59 Å². The number of rotatable bonds is 9. The van der Waals surface area contributed by atoms with Crippen molar-refractivity contribution in [1.29, 1.82) is 0 Å². The van der Waals surface area contributed by atoms with E-state index in [4.69, 9.17) is 9.47 Å². The molecule has 26 heavy (non-hydrogen) atoms. The molecule has 1 saturated heterocycles. The molecule has 1 amide bonds. The molecule has 1 aliphatic heterocycles. The summed E-state index contributed by atoms with van der Waals surface area (Å²) in [5, 5.41) is 0. The lowest BCUT2D eigenvalue weighted by Crippen LogP contribution is -2.39. The minimum Gasteiger partial charge on any atom is -0.469 e. The van der Waals surface area contributed by atoms with Crippen molar-refractivity contribution in [3.8, 4) is 0 Å². The highest BCUT2D eigenvalue weighted by atomic mass is 16.5. The molecule has 2 rings (SSSR count). The number of methoxy groups -OCH3 is 1. The predicted octanol–water partition coefficient (Wildman–Crippen LogP) is 1.81. The molecule has 6 heteroatoms. The van der Waals surface area contributed by atoms with E-state index < -0.39 is 0 Å². The molecule has 1 fully saturated rings. The van der Waals surface area contributed by atoms with Gasteiger partial charge in [-0.05, 0) is 18.1 Å². The van der Waals surface area contributed by atoms with Gasteiger partial charge in [0.2, 0.25) is 5.91 Å². The highest BCUT2D eigenvalue weighted by molar-refractivity contribution is 5.92. The topological polar surface area (TPSA) is 59.1 Å². The van der Waals surface area contributed by atoms with Crippen LogP contribution in [0.25, 0.3) is 6.08 Å². The second-order valence-electron chi connectivity index (χ2n) is 6.20. The first-order chi connectivity index (χ1) is 12.7. The zero-order valence-corrected chi connectivity index (χ0v) is 15.4. The molecule has 6 nitrogen and oxygen atoms in total. The van der Waals surface area contributed by atoms with Crippen LogP contribution in [0.1, 0.15) is 18.4 Å². The molecular formula is C20H28N2O4. The quantitative estimate of drug-likeness (QED) is 0.497. The minimum atomic E-state index is -0.303. The average Bonchev–Trinajstić information content (AvgIpc) is 2.70. The Hall–Kier alpha value is -2.18. The number of carbonyl (C=O) groups is 2. The first kappa shape index (κ1) is 20.1. The van der Waals surface area contributed by atoms with Gasteiger partial charge < -0.3 is 14.4 Å². The Labute approximate surface area is 155 Å². The summed E-state index contributed by atoms with van der Waals surface area (Å²) in [6, 6.07) is 9.69. The van der Waals surface area contributed by atoms with Crippen molar-refractivity contribution in [1.82, 2.24) is 9.80 Å². The second-order valence-corrected chi connectivity index (χ2v) is 6.20. The molecule has 0 unspecified atom stereocenters. The van der Waals surface area contributed by atoms with Crippen LogP contribution in [0.15, 0.2) is 36.4 Å². The molecule has 0 aliphatic carbocycles. The molecule has 0 bridgehead atoms. The van der Waals surface area contributed by atoms with Gasteiger partial charge in [-0.1, -0.05) is 30.3 Å². The summed E-state index contributed by atoms with van der Waals surface area (Å²) in [5.41, 5.74) is 0.974. The van der Waals surface area contributed by atoms with Gasteiger partial charge in [-0.25, -0.2) is 0 Å². The molecule has 1 aliphatic rings. The van der Waals surface area contributed by atoms with E-state index in [0.29, 0.717) is 13.1 Å². The maximum absolute atomic E-state index is 12.6. The first-order valence-corrected chi connectivity index (χ1v) is 9.08. The van der Waals surface area contributed by atoms with Crippen LogP contribution in [0.3, 0.4) is 0 Å². The van der Waals surface area contributed by atoms with Gasteiger partial charge in [-0.15, -0.1) is 0 Å². The fraction of sp³-hybridized carbons (Fsp3) is 0.500. The van der Waals surface area contributed by atoms with Gasteiger partial charge in [0.15, 0.2) is 0 Å². The summed E-state index contributed by atoms with van der Waals surface area (Å²) in [6.07, 6.45) is 4.45. The number of carbonyl (C=O) groups excluding carboxylic acids is 2. The lowest BCUT2D eigenvalue weighted by Gasteiger charge is -2.28. The van der Waals surface area contributed by atoms with Gasteiger partial charge in [0, 0.05) is 38.8 Å². The van der Waals surface area contributed by atoms with E-state index in [1.54, 1.807) is 17.1 Å². The molecule has 1 aromatic rings. The van der Waals surface area contributed by atoms with Gasteiger partial charge in [-0.3, -0.25) is 14.5 Å². The molecule has 0 aromatic heterocycles. The van der Waals surface area contributed by atoms with E-state index in [1.165, 1.54) is 7.11 Å². The van der Waals surface area contributed by atoms with Gasteiger partial charge in [-0.2, -0.15) is 0 Å². The maximum atomic E-state index is 12.6. The second kappa shape index (κ2) is 11.4. The van der Waals surface area contributed by atoms with Crippen LogP contribution in [0, 0.1) is 0 Å². The number of hydrogen-bond donors (Lipinski definition) is 0. The van der Waals surface area contributed by atoms with Crippen molar-refractivity contribution in [2.75, 3.05) is 53.0 Å². The summed E-state index contributed by atoms with van der Waals surface area (Å²) < 4.78 is 10.0. The predicted molar refractivity (Wildman–Crippen MR) is 101 cm³/mol. The summed E-state index contributed by atoms with van der Waals surface area (Å²) in [6.45, 7) is 5.32. The summed E-state index contributed by atoms with van der Waals surface area (Å²) in [4.78, 5) is 28.1. The number of ether oxygens (including phenoxy) is 2. The van der Waals surface area contributed by atoms with E-state index >= 15 is 0 Å². The van der Waals surface area contributed by atoms with Crippen LogP contribution < -0.4 is 0 Å². The molecule has 0 spiro atoms. The maximum Gasteiger partial charge on any atom is 0.307 e. The number of hydrogen-bond acceptors (Lipinski definition) is 5. The molecular weight excluding hydrogens is 332 g/mol. The van der Waals surface area contributed by atoms with Gasteiger partial charge in [0.1, 0.15) is 0 Å². The monoisotopic (exact) mass is 360 g/mol. The molecule has 0 radical (unpaired) electrons. The largest absolute Gasteiger partial charge is 0.469 e. The Kier molecular flexibility index (Phi) is 8.86. The molecule has 0 N–H and O–H groups in total. The van der Waals surface area contributed by atoms with Gasteiger partial charge in [0.05, 0.1) is 26.7 Å². The van der Waals surface area contributed by atoms with E-state index in [2.05, 4.69) is 4.90 Å². The van der Waals surface area contributed by atoms with Crippen LogP contribution in [-0.2, 0) is 19.1 Å². The fourth-order valence-corrected chi connectivity index (χ4v) is 2.81. The summed E-state index contributed by atoms with van der Waals surface area (Å²) in [7, 11) is 1.36. The van der Waals surface area contributed by atoms with Crippen molar-refractivity contribution in [3.63, 3.8) is 0 Å². The number of morpholine rings is 1. The Morgan fingerprint density at radius 1 is 1.19 bits per heavy atom. The molecule has 0 saturated carbocycles. The highest BCUT2D eigenvalue weighted by Gasteiger charge is 2.15. The number of nitrogens with zero attached hydrogens (tertiary/aromatic N) is 2. The number of amides is 1. The van der Waals surface area contributed by atoms with Crippen LogP contribution >= 0.6 is 0 Å². The van der Waals surface area contributed by atoms with E-state index in [1.807, 2.05) is 30.3 Å². The van der Waals surface area contributed by atoms with Crippen molar-refractivity contribution in [2.45, 2.75) is 12.8 Å². The van der Waals surface area contributed by atoms with Crippen LogP contribution in [-0.4, -0.2) is 74.7 Å². The number of esters is 1. The molecule has 1 heterocycles. The van der Waals surface area contributed by atoms with Crippen LogP contribution in [0.5, 0.6) is 0 Å². The summed E-state index contributed by atoms with van der Waals surface area (Å²) in [5.74, 6) is -0.386. The Balaban J connectivity index is 1.87. The molecule has 1 aromatic carbocycles. The minimum absolute atomic E-state index is 0.0836. The van der Waals surface area contributed by atoms with E-state index in [-0.39, 0.29) is 18.3 Å². The zero-order valence-electron chi connectivity index (χ0n) is 15.4. The lowest BCUT2D eigenvalue weighted by atomic mass is 10.2. The molecule has 0 atom stereocenters. The third-order valence-corrected chi connectivity index (χ3v) is 4.35. The number of benzene rings is 1. The smallest absolute Gasteiger partial charge is 0.307 e. The van der Waals surface area contributed by atoms with Crippen LogP contribution in [0.2, 0.25) is 0 Å². The average molecular weight is 360 g/mol. The SMILES string of the molecule is COC(=O)CCN(CCCN1CCOCC1)C(=O)/C=C/c1ccccc1. The third-order valence-electron chi connectivity index (χ3n) is 4.35. The Morgan fingerprint density at radius 2 is 1.92 bits per heavy atom. The standard InChI is InChI=1S/C20H28N2O4/c1-25-20(24)10-13-22(12-5-11-21-14-16-26-17-15-21)19(23)9-8-18-6-3-2-4-7-18/h2-4,6-9H,5,10-17H2,1H3/b9-8+. The van der Waals surface area contributed by atoms with Gasteiger partial charge >= 0.3 is 5.97 Å². The Bertz CT molecular complexity index is 583.